The van der Waals surface area contributed by atoms with Crippen LogP contribution >= 0.6 is 0 Å². The number of hydrogen-bond donors (Lipinski definition) is 2. The van der Waals surface area contributed by atoms with Crippen LogP contribution in [-0.2, 0) is 14.3 Å². The Hall–Kier alpha value is -3.35. The lowest BCUT2D eigenvalue weighted by Crippen LogP contribution is -2.55. The molecule has 4 unspecified atom stereocenters. The molecule has 3 amide bonds. The van der Waals surface area contributed by atoms with Crippen LogP contribution in [0.25, 0.3) is 0 Å². The lowest BCUT2D eigenvalue weighted by Gasteiger charge is -2.36. The maximum atomic E-state index is 14.2. The van der Waals surface area contributed by atoms with Gasteiger partial charge < -0.3 is 20.3 Å². The van der Waals surface area contributed by atoms with Gasteiger partial charge in [-0.25, -0.2) is 4.79 Å². The predicted molar refractivity (Wildman–Crippen MR) is 146 cm³/mol. The first-order valence-corrected chi connectivity index (χ1v) is 13.0. The lowest BCUT2D eigenvalue weighted by molar-refractivity contribution is -0.142. The average Bonchev–Trinajstić information content (AvgIpc) is 3.51. The standard InChI is InChI=1S/C30H41N3O4/c1-18(2)25(32-29(36)37-30(6,7)8)28(35)33(24-17-21(24)5)26(22-14-11-12-19(3)16-22)27(34)31-23-15-10-9-13-20(23)4/h9-16,18,21,24-26H,17H2,1-8H3,(H,31,34)(H,32,36). The normalized spacial score (nSPS) is 18.5. The maximum absolute atomic E-state index is 14.2. The molecule has 3 rings (SSSR count). The van der Waals surface area contributed by atoms with Crippen molar-refractivity contribution in [2.75, 3.05) is 5.32 Å². The molecule has 7 heteroatoms. The van der Waals surface area contributed by atoms with Gasteiger partial charge in [-0.3, -0.25) is 9.59 Å². The van der Waals surface area contributed by atoms with Crippen LogP contribution in [0, 0.1) is 25.7 Å². The Morgan fingerprint density at radius 3 is 2.22 bits per heavy atom. The molecule has 7 nitrogen and oxygen atoms in total. The summed E-state index contributed by atoms with van der Waals surface area (Å²) in [6, 6.07) is 13.5. The Morgan fingerprint density at radius 2 is 1.68 bits per heavy atom. The van der Waals surface area contributed by atoms with Crippen molar-refractivity contribution in [2.45, 2.75) is 85.5 Å². The fourth-order valence-corrected chi connectivity index (χ4v) is 4.47. The number of amides is 3. The molecule has 2 N–H and O–H groups in total. The van der Waals surface area contributed by atoms with E-state index in [1.165, 1.54) is 0 Å². The Kier molecular flexibility index (Phi) is 8.67. The molecular weight excluding hydrogens is 466 g/mol. The zero-order chi connectivity index (χ0) is 27.5. The van der Waals surface area contributed by atoms with E-state index < -0.39 is 23.8 Å². The van der Waals surface area contributed by atoms with Crippen molar-refractivity contribution < 1.29 is 19.1 Å². The largest absolute Gasteiger partial charge is 0.444 e. The molecule has 0 aromatic heterocycles. The number of aryl methyl sites for hydroxylation is 2. The minimum absolute atomic E-state index is 0.109. The van der Waals surface area contributed by atoms with Gasteiger partial charge in [-0.15, -0.1) is 0 Å². The fourth-order valence-electron chi connectivity index (χ4n) is 4.47. The second kappa shape index (κ2) is 11.4. The smallest absolute Gasteiger partial charge is 0.408 e. The second-order valence-corrected chi connectivity index (χ2v) is 11.5. The van der Waals surface area contributed by atoms with Crippen molar-refractivity contribution in [1.29, 1.82) is 0 Å². The van der Waals surface area contributed by atoms with Crippen molar-refractivity contribution in [3.8, 4) is 0 Å². The zero-order valence-corrected chi connectivity index (χ0v) is 23.3. The van der Waals surface area contributed by atoms with Gasteiger partial charge in [0.15, 0.2) is 0 Å². The van der Waals surface area contributed by atoms with Crippen LogP contribution in [0.5, 0.6) is 0 Å². The number of anilines is 1. The third-order valence-corrected chi connectivity index (χ3v) is 6.57. The van der Waals surface area contributed by atoms with Crippen LogP contribution in [0.1, 0.15) is 70.7 Å². The molecule has 4 atom stereocenters. The number of hydrogen-bond acceptors (Lipinski definition) is 4. The Balaban J connectivity index is 2.02. The van der Waals surface area contributed by atoms with E-state index in [4.69, 9.17) is 4.74 Å². The predicted octanol–water partition coefficient (Wildman–Crippen LogP) is 5.77. The molecule has 0 bridgehead atoms. The summed E-state index contributed by atoms with van der Waals surface area (Å²) in [7, 11) is 0. The van der Waals surface area contributed by atoms with E-state index in [0.717, 1.165) is 23.1 Å². The summed E-state index contributed by atoms with van der Waals surface area (Å²) in [5, 5.41) is 5.84. The number of alkyl carbamates (subject to hydrolysis) is 1. The van der Waals surface area contributed by atoms with Gasteiger partial charge in [0.25, 0.3) is 5.91 Å². The lowest BCUT2D eigenvalue weighted by atomic mass is 9.97. The highest BCUT2D eigenvalue weighted by atomic mass is 16.6. The van der Waals surface area contributed by atoms with Gasteiger partial charge in [-0.2, -0.15) is 0 Å². The van der Waals surface area contributed by atoms with E-state index >= 15 is 0 Å². The van der Waals surface area contributed by atoms with Crippen molar-refractivity contribution in [3.05, 3.63) is 65.2 Å². The van der Waals surface area contributed by atoms with Crippen LogP contribution in [-0.4, -0.2) is 40.5 Å². The molecule has 2 aromatic carbocycles. The quantitative estimate of drug-likeness (QED) is 0.475. The molecule has 0 aliphatic heterocycles. The summed E-state index contributed by atoms with van der Waals surface area (Å²) in [6.45, 7) is 15.1. The van der Waals surface area contributed by atoms with Gasteiger partial charge in [0.1, 0.15) is 17.7 Å². The zero-order valence-electron chi connectivity index (χ0n) is 23.3. The molecule has 200 valence electrons. The van der Waals surface area contributed by atoms with Gasteiger partial charge in [-0.05, 0) is 70.1 Å². The van der Waals surface area contributed by atoms with Gasteiger partial charge in [0, 0.05) is 11.7 Å². The fraction of sp³-hybridized carbons (Fsp3) is 0.500. The molecule has 37 heavy (non-hydrogen) atoms. The summed E-state index contributed by atoms with van der Waals surface area (Å²) >= 11 is 0. The number of carbonyl (C=O) groups is 3. The van der Waals surface area contributed by atoms with Crippen LogP contribution in [0.15, 0.2) is 48.5 Å². The summed E-state index contributed by atoms with van der Waals surface area (Å²) in [6.07, 6.45) is 0.142. The average molecular weight is 508 g/mol. The molecule has 1 saturated carbocycles. The second-order valence-electron chi connectivity index (χ2n) is 11.5. The molecule has 0 heterocycles. The van der Waals surface area contributed by atoms with Crippen molar-refractivity contribution in [1.82, 2.24) is 10.2 Å². The molecule has 1 aliphatic carbocycles. The van der Waals surface area contributed by atoms with Crippen LogP contribution in [0.4, 0.5) is 10.5 Å². The van der Waals surface area contributed by atoms with Gasteiger partial charge in [0.05, 0.1) is 0 Å². The van der Waals surface area contributed by atoms with E-state index in [-0.39, 0.29) is 29.7 Å². The molecule has 0 spiro atoms. The van der Waals surface area contributed by atoms with Crippen LogP contribution < -0.4 is 10.6 Å². The Bertz CT molecular complexity index is 1140. The third kappa shape index (κ3) is 7.34. The number of benzene rings is 2. The van der Waals surface area contributed by atoms with Crippen LogP contribution in [0.2, 0.25) is 0 Å². The highest BCUT2D eigenvalue weighted by Gasteiger charge is 2.48. The number of rotatable bonds is 8. The third-order valence-electron chi connectivity index (χ3n) is 6.57. The first kappa shape index (κ1) is 28.2. The first-order valence-electron chi connectivity index (χ1n) is 13.0. The van der Waals surface area contributed by atoms with Gasteiger partial charge >= 0.3 is 6.09 Å². The monoisotopic (exact) mass is 507 g/mol. The summed E-state index contributed by atoms with van der Waals surface area (Å²) in [5.41, 5.74) is 2.67. The van der Waals surface area contributed by atoms with E-state index in [1.807, 2.05) is 76.2 Å². The van der Waals surface area contributed by atoms with Crippen LogP contribution in [0.3, 0.4) is 0 Å². The molecule has 1 aliphatic rings. The minimum atomic E-state index is -0.858. The first-order chi connectivity index (χ1) is 17.3. The van der Waals surface area contributed by atoms with Gasteiger partial charge in [-0.1, -0.05) is 68.8 Å². The van der Waals surface area contributed by atoms with E-state index in [9.17, 15) is 14.4 Å². The number of para-hydroxylation sites is 1. The maximum Gasteiger partial charge on any atom is 0.408 e. The van der Waals surface area contributed by atoms with Crippen molar-refractivity contribution in [3.63, 3.8) is 0 Å². The SMILES string of the molecule is Cc1cccc(C(C(=O)Nc2ccccc2C)N(C(=O)C(NC(=O)OC(C)(C)C)C(C)C)C2CC2C)c1. The highest BCUT2D eigenvalue weighted by Crippen LogP contribution is 2.41. The molecule has 0 radical (unpaired) electrons. The number of nitrogens with zero attached hydrogens (tertiary/aromatic N) is 1. The van der Waals surface area contributed by atoms with E-state index in [0.29, 0.717) is 5.69 Å². The topological polar surface area (TPSA) is 87.7 Å². The Labute approximate surface area is 221 Å². The van der Waals surface area contributed by atoms with E-state index in [1.54, 1.807) is 25.7 Å². The highest BCUT2D eigenvalue weighted by molar-refractivity contribution is 5.99. The number of ether oxygens (including phenoxy) is 1. The molecular formula is C30H41N3O4. The van der Waals surface area contributed by atoms with Gasteiger partial charge in [0.2, 0.25) is 5.91 Å². The minimum Gasteiger partial charge on any atom is -0.444 e. The summed E-state index contributed by atoms with van der Waals surface area (Å²) in [5.74, 6) is -0.542. The molecule has 2 aromatic rings. The summed E-state index contributed by atoms with van der Waals surface area (Å²) in [4.78, 5) is 42.5. The Morgan fingerprint density at radius 1 is 1.03 bits per heavy atom. The number of nitrogens with one attached hydrogen (secondary N) is 2. The number of carbonyl (C=O) groups excluding carboxylic acids is 3. The van der Waals surface area contributed by atoms with Crippen molar-refractivity contribution >= 4 is 23.6 Å². The van der Waals surface area contributed by atoms with E-state index in [2.05, 4.69) is 17.6 Å². The summed E-state index contributed by atoms with van der Waals surface area (Å²) < 4.78 is 5.45. The molecule has 1 fully saturated rings. The molecule has 0 saturated heterocycles. The van der Waals surface area contributed by atoms with Crippen molar-refractivity contribution in [2.24, 2.45) is 11.8 Å².